The molecule has 1 aromatic heterocycles. The van der Waals surface area contributed by atoms with Crippen LogP contribution in [0.4, 0.5) is 0 Å². The highest BCUT2D eigenvalue weighted by molar-refractivity contribution is 5.16. The Morgan fingerprint density at radius 3 is 2.58 bits per heavy atom. The van der Waals surface area contributed by atoms with E-state index in [2.05, 4.69) is 59.7 Å². The van der Waals surface area contributed by atoms with Crippen molar-refractivity contribution < 1.29 is 0 Å². The fraction of sp³-hybridized carbons (Fsp3) is 0.467. The summed E-state index contributed by atoms with van der Waals surface area (Å²) in [5, 5.41) is 11.7. The van der Waals surface area contributed by atoms with Crippen molar-refractivity contribution in [3.05, 3.63) is 48.0 Å². The maximum atomic E-state index is 4.16. The standard InChI is InChI=1S/C15H22N4/c1-4-14(10-13-8-6-5-7-9-13)17-12(2)15-18-16-11-19(15)3/h5-9,11-12,14,17H,4,10H2,1-3H3. The number of aryl methyl sites for hydroxylation is 1. The minimum absolute atomic E-state index is 0.209. The van der Waals surface area contributed by atoms with Crippen molar-refractivity contribution in [3.8, 4) is 0 Å². The summed E-state index contributed by atoms with van der Waals surface area (Å²) in [5.41, 5.74) is 1.37. The number of nitrogens with one attached hydrogen (secondary N) is 1. The van der Waals surface area contributed by atoms with Crippen LogP contribution in [0, 0.1) is 0 Å². The summed E-state index contributed by atoms with van der Waals surface area (Å²) in [6, 6.07) is 11.3. The smallest absolute Gasteiger partial charge is 0.149 e. The molecule has 2 aromatic rings. The molecule has 2 unspecified atom stereocenters. The van der Waals surface area contributed by atoms with Gasteiger partial charge in [0.15, 0.2) is 0 Å². The van der Waals surface area contributed by atoms with Gasteiger partial charge in [-0.2, -0.15) is 0 Å². The molecule has 0 aliphatic heterocycles. The number of aromatic nitrogens is 3. The van der Waals surface area contributed by atoms with Gasteiger partial charge in [-0.25, -0.2) is 0 Å². The van der Waals surface area contributed by atoms with Crippen molar-refractivity contribution in [2.75, 3.05) is 0 Å². The monoisotopic (exact) mass is 258 g/mol. The molecular formula is C15H22N4. The molecule has 0 amide bonds. The van der Waals surface area contributed by atoms with Crippen molar-refractivity contribution in [1.29, 1.82) is 0 Å². The largest absolute Gasteiger partial charge is 0.319 e. The number of hydrogen-bond donors (Lipinski definition) is 1. The van der Waals surface area contributed by atoms with E-state index in [4.69, 9.17) is 0 Å². The summed E-state index contributed by atoms with van der Waals surface area (Å²) in [5.74, 6) is 0.978. The molecule has 0 radical (unpaired) electrons. The molecule has 19 heavy (non-hydrogen) atoms. The van der Waals surface area contributed by atoms with Crippen molar-refractivity contribution in [3.63, 3.8) is 0 Å². The first kappa shape index (κ1) is 13.7. The lowest BCUT2D eigenvalue weighted by atomic mass is 10.0. The summed E-state index contributed by atoms with van der Waals surface area (Å²) in [6.45, 7) is 4.35. The van der Waals surface area contributed by atoms with Gasteiger partial charge in [-0.1, -0.05) is 37.3 Å². The number of rotatable bonds is 6. The van der Waals surface area contributed by atoms with Crippen molar-refractivity contribution >= 4 is 0 Å². The summed E-state index contributed by atoms with van der Waals surface area (Å²) in [4.78, 5) is 0. The van der Waals surface area contributed by atoms with Crippen LogP contribution >= 0.6 is 0 Å². The topological polar surface area (TPSA) is 42.7 Å². The first-order valence-corrected chi connectivity index (χ1v) is 6.84. The molecule has 4 nitrogen and oxygen atoms in total. The van der Waals surface area contributed by atoms with E-state index in [9.17, 15) is 0 Å². The molecule has 0 saturated carbocycles. The Balaban J connectivity index is 1.98. The van der Waals surface area contributed by atoms with E-state index in [-0.39, 0.29) is 6.04 Å². The van der Waals surface area contributed by atoms with Gasteiger partial charge in [0, 0.05) is 13.1 Å². The second-order valence-electron chi connectivity index (χ2n) is 4.98. The molecule has 0 aliphatic rings. The third-order valence-electron chi connectivity index (χ3n) is 3.44. The Morgan fingerprint density at radius 2 is 2.00 bits per heavy atom. The molecule has 4 heteroatoms. The number of nitrogens with zero attached hydrogens (tertiary/aromatic N) is 3. The van der Waals surface area contributed by atoms with Gasteiger partial charge in [-0.3, -0.25) is 0 Å². The highest BCUT2D eigenvalue weighted by atomic mass is 15.3. The van der Waals surface area contributed by atoms with Gasteiger partial charge in [0.1, 0.15) is 12.2 Å². The van der Waals surface area contributed by atoms with E-state index in [0.717, 1.165) is 18.7 Å². The maximum absolute atomic E-state index is 4.16. The lowest BCUT2D eigenvalue weighted by Crippen LogP contribution is -2.34. The fourth-order valence-corrected chi connectivity index (χ4v) is 2.33. The minimum atomic E-state index is 0.209. The van der Waals surface area contributed by atoms with E-state index in [1.165, 1.54) is 5.56 Å². The van der Waals surface area contributed by atoms with E-state index < -0.39 is 0 Å². The highest BCUT2D eigenvalue weighted by Crippen LogP contribution is 2.12. The van der Waals surface area contributed by atoms with Gasteiger partial charge in [0.2, 0.25) is 0 Å². The molecule has 0 spiro atoms. The highest BCUT2D eigenvalue weighted by Gasteiger charge is 2.15. The average molecular weight is 258 g/mol. The molecule has 0 aliphatic carbocycles. The zero-order valence-corrected chi connectivity index (χ0v) is 11.9. The Kier molecular flexibility index (Phi) is 4.68. The van der Waals surface area contributed by atoms with Gasteiger partial charge < -0.3 is 9.88 Å². The van der Waals surface area contributed by atoms with Gasteiger partial charge in [-0.15, -0.1) is 10.2 Å². The van der Waals surface area contributed by atoms with Crippen LogP contribution in [0.2, 0.25) is 0 Å². The Bertz CT molecular complexity index is 492. The SMILES string of the molecule is CCC(Cc1ccccc1)NC(C)c1nncn1C. The molecule has 0 fully saturated rings. The first-order chi connectivity index (χ1) is 9.20. The van der Waals surface area contributed by atoms with Gasteiger partial charge in [0.05, 0.1) is 6.04 Å². The van der Waals surface area contributed by atoms with E-state index in [1.54, 1.807) is 6.33 Å². The molecule has 2 rings (SSSR count). The third-order valence-corrected chi connectivity index (χ3v) is 3.44. The van der Waals surface area contributed by atoms with Crippen LogP contribution in [-0.4, -0.2) is 20.8 Å². The van der Waals surface area contributed by atoms with Crippen LogP contribution in [0.1, 0.15) is 37.7 Å². The lowest BCUT2D eigenvalue weighted by Gasteiger charge is -2.21. The molecule has 1 heterocycles. The molecule has 1 aromatic carbocycles. The van der Waals surface area contributed by atoms with Crippen LogP contribution in [0.15, 0.2) is 36.7 Å². The first-order valence-electron chi connectivity index (χ1n) is 6.84. The molecule has 0 saturated heterocycles. The summed E-state index contributed by atoms with van der Waals surface area (Å²) in [6.07, 6.45) is 3.88. The van der Waals surface area contributed by atoms with E-state index in [1.807, 2.05) is 11.6 Å². The van der Waals surface area contributed by atoms with Gasteiger partial charge >= 0.3 is 0 Å². The minimum Gasteiger partial charge on any atom is -0.319 e. The van der Waals surface area contributed by atoms with E-state index in [0.29, 0.717) is 6.04 Å². The normalized spacial score (nSPS) is 14.3. The van der Waals surface area contributed by atoms with Crippen LogP contribution in [0.3, 0.4) is 0 Å². The summed E-state index contributed by atoms with van der Waals surface area (Å²) in [7, 11) is 1.98. The summed E-state index contributed by atoms with van der Waals surface area (Å²) >= 11 is 0. The van der Waals surface area contributed by atoms with Crippen LogP contribution in [-0.2, 0) is 13.5 Å². The fourth-order valence-electron chi connectivity index (χ4n) is 2.33. The predicted molar refractivity (Wildman–Crippen MR) is 76.8 cm³/mol. The zero-order valence-electron chi connectivity index (χ0n) is 11.9. The van der Waals surface area contributed by atoms with Crippen molar-refractivity contribution in [2.45, 2.75) is 38.8 Å². The predicted octanol–water partition coefficient (Wildman–Crippen LogP) is 2.49. The Labute approximate surface area is 114 Å². The molecule has 102 valence electrons. The Morgan fingerprint density at radius 1 is 1.26 bits per heavy atom. The molecule has 1 N–H and O–H groups in total. The molecule has 2 atom stereocenters. The van der Waals surface area contributed by atoms with E-state index >= 15 is 0 Å². The second kappa shape index (κ2) is 6.48. The second-order valence-corrected chi connectivity index (χ2v) is 4.98. The van der Waals surface area contributed by atoms with Gasteiger partial charge in [0.25, 0.3) is 0 Å². The number of hydrogen-bond acceptors (Lipinski definition) is 3. The van der Waals surface area contributed by atoms with Crippen LogP contribution in [0.25, 0.3) is 0 Å². The zero-order chi connectivity index (χ0) is 13.7. The molecular weight excluding hydrogens is 236 g/mol. The van der Waals surface area contributed by atoms with Crippen molar-refractivity contribution in [1.82, 2.24) is 20.1 Å². The number of benzene rings is 1. The third kappa shape index (κ3) is 3.64. The van der Waals surface area contributed by atoms with Crippen LogP contribution < -0.4 is 5.32 Å². The quantitative estimate of drug-likeness (QED) is 0.865. The summed E-state index contributed by atoms with van der Waals surface area (Å²) < 4.78 is 1.97. The molecule has 0 bridgehead atoms. The average Bonchev–Trinajstić information content (AvgIpc) is 2.85. The van der Waals surface area contributed by atoms with Crippen molar-refractivity contribution in [2.24, 2.45) is 7.05 Å². The van der Waals surface area contributed by atoms with Gasteiger partial charge in [-0.05, 0) is 25.3 Å². The lowest BCUT2D eigenvalue weighted by molar-refractivity contribution is 0.421. The maximum Gasteiger partial charge on any atom is 0.149 e. The van der Waals surface area contributed by atoms with Crippen LogP contribution in [0.5, 0.6) is 0 Å². The Hall–Kier alpha value is -1.68.